The van der Waals surface area contributed by atoms with E-state index in [9.17, 15) is 8.42 Å². The molecule has 0 aromatic carbocycles. The summed E-state index contributed by atoms with van der Waals surface area (Å²) in [5.74, 6) is 1.01. The lowest BCUT2D eigenvalue weighted by molar-refractivity contribution is 0.407. The quantitative estimate of drug-likeness (QED) is 0.878. The van der Waals surface area contributed by atoms with E-state index in [1.807, 2.05) is 16.0 Å². The molecule has 1 aliphatic rings. The third-order valence-electron chi connectivity index (χ3n) is 4.04. The first kappa shape index (κ1) is 15.0. The van der Waals surface area contributed by atoms with Crippen LogP contribution in [0.5, 0.6) is 0 Å². The maximum atomic E-state index is 11.6. The van der Waals surface area contributed by atoms with Crippen LogP contribution in [-0.2, 0) is 16.3 Å². The van der Waals surface area contributed by atoms with Crippen LogP contribution in [0.1, 0.15) is 25.5 Å². The zero-order valence-corrected chi connectivity index (χ0v) is 13.8. The largest absolute Gasteiger partial charge is 0.314 e. The Kier molecular flexibility index (Phi) is 4.33. The van der Waals surface area contributed by atoms with E-state index in [4.69, 9.17) is 0 Å². The van der Waals surface area contributed by atoms with Crippen molar-refractivity contribution in [2.75, 3.05) is 18.1 Å². The highest BCUT2D eigenvalue weighted by atomic mass is 32.2. The molecule has 1 aliphatic heterocycles. The van der Waals surface area contributed by atoms with Crippen LogP contribution in [0.2, 0.25) is 0 Å². The van der Waals surface area contributed by atoms with Gasteiger partial charge in [-0.15, -0.1) is 11.3 Å². The van der Waals surface area contributed by atoms with Gasteiger partial charge in [0.05, 0.1) is 17.2 Å². The van der Waals surface area contributed by atoms with Gasteiger partial charge in [0.1, 0.15) is 0 Å². The Morgan fingerprint density at radius 1 is 1.57 bits per heavy atom. The maximum Gasteiger partial charge on any atom is 0.193 e. The van der Waals surface area contributed by atoms with Crippen LogP contribution in [0.15, 0.2) is 17.8 Å². The fourth-order valence-corrected chi connectivity index (χ4v) is 5.71. The van der Waals surface area contributed by atoms with Crippen molar-refractivity contribution in [1.82, 2.24) is 14.7 Å². The summed E-state index contributed by atoms with van der Waals surface area (Å²) >= 11 is 1.63. The number of sulfone groups is 1. The van der Waals surface area contributed by atoms with Gasteiger partial charge >= 0.3 is 0 Å². The number of fused-ring (bicyclic) bond motifs is 1. The summed E-state index contributed by atoms with van der Waals surface area (Å²) in [5.41, 5.74) is 1.08. The Hall–Kier alpha value is -0.920. The molecular formula is C14H21N3O2S2. The normalized spacial score (nSPS) is 22.8. The standard InChI is InChI=1S/C14H21N3O2S2/c1-2-15-12(7-11-3-6-21(18,19)10-11)8-13-9-17-4-5-20-14(17)16-13/h4-5,9,11-12,15H,2-3,6-8,10H2,1H3. The number of hydrogen-bond acceptors (Lipinski definition) is 5. The summed E-state index contributed by atoms with van der Waals surface area (Å²) in [4.78, 5) is 5.64. The lowest BCUT2D eigenvalue weighted by Gasteiger charge is -2.20. The van der Waals surface area contributed by atoms with Gasteiger partial charge in [-0.2, -0.15) is 0 Å². The number of nitrogens with one attached hydrogen (secondary N) is 1. The number of hydrogen-bond donors (Lipinski definition) is 1. The number of likely N-dealkylation sites (N-methyl/N-ethyl adjacent to an activating group) is 1. The minimum absolute atomic E-state index is 0.294. The molecule has 0 amide bonds. The van der Waals surface area contributed by atoms with Gasteiger partial charge < -0.3 is 5.32 Å². The molecule has 1 N–H and O–H groups in total. The average Bonchev–Trinajstić information content (AvgIpc) is 3.04. The van der Waals surface area contributed by atoms with Crippen LogP contribution >= 0.6 is 11.3 Å². The summed E-state index contributed by atoms with van der Waals surface area (Å²) in [6.45, 7) is 2.98. The maximum absolute atomic E-state index is 11.6. The number of thiazole rings is 1. The molecule has 3 rings (SSSR count). The Morgan fingerprint density at radius 2 is 2.43 bits per heavy atom. The second-order valence-electron chi connectivity index (χ2n) is 5.79. The predicted octanol–water partition coefficient (Wildman–Crippen LogP) is 1.74. The zero-order chi connectivity index (χ0) is 14.9. The van der Waals surface area contributed by atoms with E-state index in [0.29, 0.717) is 23.5 Å². The lowest BCUT2D eigenvalue weighted by atomic mass is 9.96. The van der Waals surface area contributed by atoms with Crippen molar-refractivity contribution in [2.45, 2.75) is 32.2 Å². The molecule has 3 heterocycles. The van der Waals surface area contributed by atoms with Crippen molar-refractivity contribution in [1.29, 1.82) is 0 Å². The topological polar surface area (TPSA) is 63.5 Å². The van der Waals surface area contributed by atoms with Gasteiger partial charge in [0, 0.05) is 30.2 Å². The monoisotopic (exact) mass is 327 g/mol. The Balaban J connectivity index is 1.65. The molecule has 7 heteroatoms. The van der Waals surface area contributed by atoms with Gasteiger partial charge in [0.15, 0.2) is 14.8 Å². The predicted molar refractivity (Wildman–Crippen MR) is 85.6 cm³/mol. The third-order valence-corrected chi connectivity index (χ3v) is 6.64. The van der Waals surface area contributed by atoms with E-state index in [0.717, 1.165) is 36.5 Å². The molecule has 2 aromatic heterocycles. The lowest BCUT2D eigenvalue weighted by Crippen LogP contribution is -2.33. The second-order valence-corrected chi connectivity index (χ2v) is 8.89. The Labute approximate surface area is 129 Å². The molecule has 0 aliphatic carbocycles. The van der Waals surface area contributed by atoms with Crippen LogP contribution in [0.4, 0.5) is 0 Å². The molecule has 1 saturated heterocycles. The molecule has 2 atom stereocenters. The van der Waals surface area contributed by atoms with Crippen LogP contribution in [0, 0.1) is 5.92 Å². The fraction of sp³-hybridized carbons (Fsp3) is 0.643. The molecule has 5 nitrogen and oxygen atoms in total. The Morgan fingerprint density at radius 3 is 3.10 bits per heavy atom. The van der Waals surface area contributed by atoms with Crippen molar-refractivity contribution in [2.24, 2.45) is 5.92 Å². The van der Waals surface area contributed by atoms with Crippen LogP contribution in [0.25, 0.3) is 4.96 Å². The van der Waals surface area contributed by atoms with Gasteiger partial charge in [-0.3, -0.25) is 4.40 Å². The van der Waals surface area contributed by atoms with Crippen molar-refractivity contribution in [3.63, 3.8) is 0 Å². The van der Waals surface area contributed by atoms with Gasteiger partial charge in [-0.25, -0.2) is 13.4 Å². The molecule has 2 unspecified atom stereocenters. The number of nitrogens with zero attached hydrogens (tertiary/aromatic N) is 2. The highest BCUT2D eigenvalue weighted by molar-refractivity contribution is 7.91. The first-order valence-electron chi connectivity index (χ1n) is 7.40. The minimum Gasteiger partial charge on any atom is -0.314 e. The fourth-order valence-electron chi connectivity index (χ4n) is 3.11. The highest BCUT2D eigenvalue weighted by Gasteiger charge is 2.29. The van der Waals surface area contributed by atoms with E-state index in [1.165, 1.54) is 0 Å². The summed E-state index contributed by atoms with van der Waals surface area (Å²) < 4.78 is 25.2. The SMILES string of the molecule is CCNC(Cc1cn2ccsc2n1)CC1CCS(=O)(=O)C1. The number of aromatic nitrogens is 2. The van der Waals surface area contributed by atoms with Crippen molar-refractivity contribution >= 4 is 26.1 Å². The summed E-state index contributed by atoms with van der Waals surface area (Å²) in [6, 6.07) is 0.304. The first-order chi connectivity index (χ1) is 10.1. The first-order valence-corrected chi connectivity index (χ1v) is 10.1. The smallest absolute Gasteiger partial charge is 0.193 e. The molecule has 0 bridgehead atoms. The summed E-state index contributed by atoms with van der Waals surface area (Å²) in [5, 5.41) is 5.51. The van der Waals surface area contributed by atoms with Crippen LogP contribution in [0.3, 0.4) is 0 Å². The van der Waals surface area contributed by atoms with E-state index < -0.39 is 9.84 Å². The molecule has 21 heavy (non-hydrogen) atoms. The molecule has 1 fully saturated rings. The van der Waals surface area contributed by atoms with Crippen molar-refractivity contribution < 1.29 is 8.42 Å². The molecule has 0 saturated carbocycles. The number of imidazole rings is 1. The van der Waals surface area contributed by atoms with E-state index in [2.05, 4.69) is 23.4 Å². The number of rotatable bonds is 6. The minimum atomic E-state index is -2.79. The van der Waals surface area contributed by atoms with Crippen molar-refractivity contribution in [3.05, 3.63) is 23.5 Å². The summed E-state index contributed by atoms with van der Waals surface area (Å²) in [6.07, 6.45) is 6.67. The van der Waals surface area contributed by atoms with E-state index >= 15 is 0 Å². The Bertz CT molecular complexity index is 676. The molecule has 116 valence electrons. The highest BCUT2D eigenvalue weighted by Crippen LogP contribution is 2.24. The third kappa shape index (κ3) is 3.64. The average molecular weight is 327 g/mol. The van der Waals surface area contributed by atoms with Gasteiger partial charge in [-0.1, -0.05) is 6.92 Å². The van der Waals surface area contributed by atoms with Crippen molar-refractivity contribution in [3.8, 4) is 0 Å². The molecule has 0 spiro atoms. The van der Waals surface area contributed by atoms with Gasteiger partial charge in [0.2, 0.25) is 0 Å². The summed E-state index contributed by atoms with van der Waals surface area (Å²) in [7, 11) is -2.79. The van der Waals surface area contributed by atoms with Gasteiger partial charge in [-0.05, 0) is 25.3 Å². The molecule has 2 aromatic rings. The van der Waals surface area contributed by atoms with Crippen LogP contribution in [-0.4, -0.2) is 41.9 Å². The molecule has 0 radical (unpaired) electrons. The van der Waals surface area contributed by atoms with Gasteiger partial charge in [0.25, 0.3) is 0 Å². The zero-order valence-electron chi connectivity index (χ0n) is 12.2. The van der Waals surface area contributed by atoms with E-state index in [1.54, 1.807) is 11.3 Å². The second kappa shape index (κ2) is 6.06. The van der Waals surface area contributed by atoms with E-state index in [-0.39, 0.29) is 0 Å². The molecular weight excluding hydrogens is 306 g/mol. The van der Waals surface area contributed by atoms with Crippen LogP contribution < -0.4 is 5.32 Å².